The Hall–Kier alpha value is -3.13. The summed E-state index contributed by atoms with van der Waals surface area (Å²) in [7, 11) is 0. The van der Waals surface area contributed by atoms with Gasteiger partial charge in [0.05, 0.1) is 11.8 Å². The standard InChI is InChI=1S/C23H27N5O2S/c1-5-28-21(17(4)24-22(30)18-9-7-6-8-10-18)26-27-23(28)31-14-20(29)25-19-12-11-15(2)13-16(19)3/h6-13,17H,5,14H2,1-4H3,(H,24,30)(H,25,29)/t17-/m1/s1. The fraction of sp³-hybridized carbons (Fsp3) is 0.304. The smallest absolute Gasteiger partial charge is 0.251 e. The lowest BCUT2D eigenvalue weighted by atomic mass is 10.1. The van der Waals surface area contributed by atoms with E-state index < -0.39 is 0 Å². The van der Waals surface area contributed by atoms with E-state index in [4.69, 9.17) is 0 Å². The third kappa shape index (κ3) is 5.73. The lowest BCUT2D eigenvalue weighted by Gasteiger charge is -2.15. The molecule has 0 radical (unpaired) electrons. The maximum Gasteiger partial charge on any atom is 0.251 e. The van der Waals surface area contributed by atoms with Crippen molar-refractivity contribution in [3.8, 4) is 0 Å². The van der Waals surface area contributed by atoms with Crippen molar-refractivity contribution in [2.45, 2.75) is 45.4 Å². The Balaban J connectivity index is 1.62. The molecule has 0 fully saturated rings. The number of hydrogen-bond donors (Lipinski definition) is 2. The molecular weight excluding hydrogens is 410 g/mol. The number of aryl methyl sites for hydroxylation is 2. The number of amides is 2. The van der Waals surface area contributed by atoms with Crippen molar-refractivity contribution in [2.75, 3.05) is 11.1 Å². The Bertz CT molecular complexity index is 1070. The highest BCUT2D eigenvalue weighted by molar-refractivity contribution is 7.99. The number of aromatic nitrogens is 3. The number of benzene rings is 2. The van der Waals surface area contributed by atoms with Crippen LogP contribution in [0.4, 0.5) is 5.69 Å². The van der Waals surface area contributed by atoms with E-state index >= 15 is 0 Å². The second-order valence-electron chi connectivity index (χ2n) is 7.30. The van der Waals surface area contributed by atoms with Crippen LogP contribution in [-0.2, 0) is 11.3 Å². The van der Waals surface area contributed by atoms with E-state index in [9.17, 15) is 9.59 Å². The van der Waals surface area contributed by atoms with E-state index in [0.717, 1.165) is 16.8 Å². The molecule has 8 heteroatoms. The Labute approximate surface area is 186 Å². The number of hydrogen-bond acceptors (Lipinski definition) is 5. The average Bonchev–Trinajstić information content (AvgIpc) is 3.18. The highest BCUT2D eigenvalue weighted by atomic mass is 32.2. The van der Waals surface area contributed by atoms with E-state index in [-0.39, 0.29) is 23.6 Å². The topological polar surface area (TPSA) is 88.9 Å². The molecule has 0 aliphatic heterocycles. The molecule has 0 saturated heterocycles. The second-order valence-corrected chi connectivity index (χ2v) is 8.24. The van der Waals surface area contributed by atoms with Gasteiger partial charge in [0.25, 0.3) is 5.91 Å². The summed E-state index contributed by atoms with van der Waals surface area (Å²) in [4.78, 5) is 24.9. The molecule has 1 aromatic heterocycles. The van der Waals surface area contributed by atoms with Crippen LogP contribution in [0.25, 0.3) is 0 Å². The van der Waals surface area contributed by atoms with E-state index in [1.807, 2.05) is 68.7 Å². The van der Waals surface area contributed by atoms with Crippen LogP contribution in [0.2, 0.25) is 0 Å². The molecule has 2 aromatic carbocycles. The first-order valence-electron chi connectivity index (χ1n) is 10.2. The summed E-state index contributed by atoms with van der Waals surface area (Å²) >= 11 is 1.33. The molecule has 162 valence electrons. The molecule has 3 rings (SSSR count). The number of thioether (sulfide) groups is 1. The third-order valence-corrected chi connectivity index (χ3v) is 5.79. The summed E-state index contributed by atoms with van der Waals surface area (Å²) in [5, 5.41) is 15.1. The van der Waals surface area contributed by atoms with Gasteiger partial charge in [0.1, 0.15) is 0 Å². The Morgan fingerprint density at radius 2 is 1.84 bits per heavy atom. The van der Waals surface area contributed by atoms with Gasteiger partial charge in [-0.15, -0.1) is 10.2 Å². The maximum atomic E-state index is 12.4. The van der Waals surface area contributed by atoms with Gasteiger partial charge in [-0.2, -0.15) is 0 Å². The van der Waals surface area contributed by atoms with Crippen LogP contribution >= 0.6 is 11.8 Å². The van der Waals surface area contributed by atoms with Crippen LogP contribution < -0.4 is 10.6 Å². The first kappa shape index (κ1) is 22.6. The second kappa shape index (κ2) is 10.3. The monoisotopic (exact) mass is 437 g/mol. The molecule has 0 bridgehead atoms. The summed E-state index contributed by atoms with van der Waals surface area (Å²) in [6.45, 7) is 8.49. The van der Waals surface area contributed by atoms with E-state index in [1.165, 1.54) is 11.8 Å². The summed E-state index contributed by atoms with van der Waals surface area (Å²) < 4.78 is 1.92. The Morgan fingerprint density at radius 1 is 1.10 bits per heavy atom. The van der Waals surface area contributed by atoms with Gasteiger partial charge in [0, 0.05) is 17.8 Å². The Morgan fingerprint density at radius 3 is 2.52 bits per heavy atom. The number of carbonyl (C=O) groups is 2. The van der Waals surface area contributed by atoms with Crippen LogP contribution in [-0.4, -0.2) is 32.3 Å². The molecule has 0 aliphatic carbocycles. The molecule has 0 spiro atoms. The van der Waals surface area contributed by atoms with Gasteiger partial charge in [-0.25, -0.2) is 0 Å². The SMILES string of the molecule is CCn1c(SCC(=O)Nc2ccc(C)cc2C)nnc1[C@@H](C)NC(=O)c1ccccc1. The molecule has 0 saturated carbocycles. The predicted molar refractivity (Wildman–Crippen MR) is 123 cm³/mol. The van der Waals surface area contributed by atoms with Gasteiger partial charge < -0.3 is 15.2 Å². The minimum Gasteiger partial charge on any atom is -0.342 e. The van der Waals surface area contributed by atoms with Crippen molar-refractivity contribution in [1.82, 2.24) is 20.1 Å². The highest BCUT2D eigenvalue weighted by Gasteiger charge is 2.20. The summed E-state index contributed by atoms with van der Waals surface area (Å²) in [6.07, 6.45) is 0. The highest BCUT2D eigenvalue weighted by Crippen LogP contribution is 2.22. The molecule has 0 unspecified atom stereocenters. The normalized spacial score (nSPS) is 11.7. The number of anilines is 1. The quantitative estimate of drug-likeness (QED) is 0.517. The molecular formula is C23H27N5O2S. The fourth-order valence-electron chi connectivity index (χ4n) is 3.23. The van der Waals surface area contributed by atoms with Crippen molar-refractivity contribution >= 4 is 29.3 Å². The lowest BCUT2D eigenvalue weighted by Crippen LogP contribution is -2.28. The van der Waals surface area contributed by atoms with Crippen LogP contribution in [0.15, 0.2) is 53.7 Å². The number of nitrogens with zero attached hydrogens (tertiary/aromatic N) is 3. The van der Waals surface area contributed by atoms with E-state index in [1.54, 1.807) is 12.1 Å². The zero-order valence-corrected chi connectivity index (χ0v) is 19.0. The van der Waals surface area contributed by atoms with Crippen molar-refractivity contribution in [1.29, 1.82) is 0 Å². The van der Waals surface area contributed by atoms with Crippen LogP contribution in [0, 0.1) is 13.8 Å². The molecule has 3 aromatic rings. The molecule has 1 heterocycles. The van der Waals surface area contributed by atoms with E-state index in [0.29, 0.717) is 23.1 Å². The minimum atomic E-state index is -0.321. The largest absolute Gasteiger partial charge is 0.342 e. The predicted octanol–water partition coefficient (Wildman–Crippen LogP) is 4.14. The van der Waals surface area contributed by atoms with Gasteiger partial charge in [0.15, 0.2) is 11.0 Å². The number of carbonyl (C=O) groups excluding carboxylic acids is 2. The van der Waals surface area contributed by atoms with Crippen molar-refractivity contribution < 1.29 is 9.59 Å². The summed E-state index contributed by atoms with van der Waals surface area (Å²) in [6, 6.07) is 14.7. The molecule has 0 aliphatic rings. The fourth-order valence-corrected chi connectivity index (χ4v) is 4.04. The zero-order chi connectivity index (χ0) is 22.4. The van der Waals surface area contributed by atoms with Crippen LogP contribution in [0.1, 0.15) is 47.2 Å². The minimum absolute atomic E-state index is 0.102. The van der Waals surface area contributed by atoms with Gasteiger partial charge in [0.2, 0.25) is 5.91 Å². The average molecular weight is 438 g/mol. The number of nitrogens with one attached hydrogen (secondary N) is 2. The molecule has 31 heavy (non-hydrogen) atoms. The van der Waals surface area contributed by atoms with Crippen molar-refractivity contribution in [3.05, 3.63) is 71.0 Å². The van der Waals surface area contributed by atoms with Crippen molar-refractivity contribution in [3.63, 3.8) is 0 Å². The molecule has 7 nitrogen and oxygen atoms in total. The van der Waals surface area contributed by atoms with Gasteiger partial charge >= 0.3 is 0 Å². The summed E-state index contributed by atoms with van der Waals surface area (Å²) in [5.74, 6) is 0.607. The molecule has 2 N–H and O–H groups in total. The van der Waals surface area contributed by atoms with Crippen molar-refractivity contribution in [2.24, 2.45) is 0 Å². The lowest BCUT2D eigenvalue weighted by molar-refractivity contribution is -0.113. The zero-order valence-electron chi connectivity index (χ0n) is 18.2. The maximum absolute atomic E-state index is 12.4. The molecule has 1 atom stereocenters. The first-order chi connectivity index (χ1) is 14.9. The van der Waals surface area contributed by atoms with Gasteiger partial charge in [-0.3, -0.25) is 9.59 Å². The first-order valence-corrected chi connectivity index (χ1v) is 11.2. The van der Waals surface area contributed by atoms with E-state index in [2.05, 4.69) is 20.8 Å². The van der Waals surface area contributed by atoms with Crippen LogP contribution in [0.5, 0.6) is 0 Å². The Kier molecular flexibility index (Phi) is 7.46. The van der Waals surface area contributed by atoms with Gasteiger partial charge in [-0.05, 0) is 51.5 Å². The third-order valence-electron chi connectivity index (χ3n) is 4.82. The molecule has 2 amide bonds. The summed E-state index contributed by atoms with van der Waals surface area (Å²) in [5.41, 5.74) is 3.59. The number of rotatable bonds is 8. The van der Waals surface area contributed by atoms with Crippen LogP contribution in [0.3, 0.4) is 0 Å². The van der Waals surface area contributed by atoms with Gasteiger partial charge in [-0.1, -0.05) is 47.7 Å².